The fourth-order valence-corrected chi connectivity index (χ4v) is 2.12. The molecule has 0 saturated heterocycles. The van der Waals surface area contributed by atoms with E-state index in [0.717, 1.165) is 11.3 Å². The lowest BCUT2D eigenvalue weighted by Crippen LogP contribution is -2.12. The van der Waals surface area contributed by atoms with Crippen LogP contribution in [0.15, 0.2) is 42.5 Å². The molecule has 0 aliphatic rings. The third kappa shape index (κ3) is 2.96. The van der Waals surface area contributed by atoms with Crippen molar-refractivity contribution in [2.24, 2.45) is 0 Å². The molecule has 0 aromatic heterocycles. The Hall–Kier alpha value is -1.80. The topological polar surface area (TPSA) is 21.3 Å². The Morgan fingerprint density at radius 3 is 2.32 bits per heavy atom. The van der Waals surface area contributed by atoms with Crippen LogP contribution in [0.25, 0.3) is 11.1 Å². The van der Waals surface area contributed by atoms with Crippen molar-refractivity contribution < 1.29 is 4.74 Å². The Kier molecular flexibility index (Phi) is 4.23. The van der Waals surface area contributed by atoms with E-state index in [1.807, 2.05) is 13.1 Å². The Balaban J connectivity index is 2.49. The molecule has 1 atom stereocenters. The van der Waals surface area contributed by atoms with E-state index in [2.05, 4.69) is 55.6 Å². The van der Waals surface area contributed by atoms with Crippen molar-refractivity contribution in [1.82, 2.24) is 5.32 Å². The second-order valence-corrected chi connectivity index (χ2v) is 4.84. The van der Waals surface area contributed by atoms with Crippen LogP contribution < -0.4 is 10.1 Å². The SMILES string of the molecule is CNC(C)c1ccc(OC)c(-c2ccc(C)cc2)c1. The van der Waals surface area contributed by atoms with Gasteiger partial charge in [-0.2, -0.15) is 0 Å². The van der Waals surface area contributed by atoms with Crippen LogP contribution in [0.3, 0.4) is 0 Å². The number of methoxy groups -OCH3 is 1. The fourth-order valence-electron chi connectivity index (χ4n) is 2.12. The van der Waals surface area contributed by atoms with E-state index in [9.17, 15) is 0 Å². The number of benzene rings is 2. The lowest BCUT2D eigenvalue weighted by Gasteiger charge is -2.15. The van der Waals surface area contributed by atoms with E-state index in [1.54, 1.807) is 7.11 Å². The van der Waals surface area contributed by atoms with E-state index in [-0.39, 0.29) is 0 Å². The summed E-state index contributed by atoms with van der Waals surface area (Å²) in [6, 6.07) is 15.2. The van der Waals surface area contributed by atoms with Crippen LogP contribution in [0.1, 0.15) is 24.1 Å². The zero-order chi connectivity index (χ0) is 13.8. The van der Waals surface area contributed by atoms with E-state index in [0.29, 0.717) is 6.04 Å². The maximum Gasteiger partial charge on any atom is 0.126 e. The predicted octanol–water partition coefficient (Wildman–Crippen LogP) is 3.95. The molecule has 0 aliphatic heterocycles. The van der Waals surface area contributed by atoms with Gasteiger partial charge in [0.05, 0.1) is 7.11 Å². The highest BCUT2D eigenvalue weighted by atomic mass is 16.5. The van der Waals surface area contributed by atoms with Gasteiger partial charge in [0.15, 0.2) is 0 Å². The first-order valence-electron chi connectivity index (χ1n) is 6.58. The summed E-state index contributed by atoms with van der Waals surface area (Å²) in [6.45, 7) is 4.25. The van der Waals surface area contributed by atoms with Crippen LogP contribution in [0.5, 0.6) is 5.75 Å². The maximum absolute atomic E-state index is 5.48. The summed E-state index contributed by atoms with van der Waals surface area (Å²) in [7, 11) is 3.69. The molecule has 0 fully saturated rings. The molecular formula is C17H21NO. The number of rotatable bonds is 4. The molecule has 0 bridgehead atoms. The van der Waals surface area contributed by atoms with Gasteiger partial charge in [-0.25, -0.2) is 0 Å². The van der Waals surface area contributed by atoms with Crippen LogP contribution in [-0.4, -0.2) is 14.2 Å². The Morgan fingerprint density at radius 2 is 1.74 bits per heavy atom. The Labute approximate surface area is 115 Å². The summed E-state index contributed by atoms with van der Waals surface area (Å²) < 4.78 is 5.48. The second kappa shape index (κ2) is 5.89. The molecule has 0 saturated carbocycles. The smallest absolute Gasteiger partial charge is 0.126 e. The average Bonchev–Trinajstić information content (AvgIpc) is 2.46. The van der Waals surface area contributed by atoms with E-state index >= 15 is 0 Å². The van der Waals surface area contributed by atoms with Crippen LogP contribution in [0.4, 0.5) is 0 Å². The number of hydrogen-bond acceptors (Lipinski definition) is 2. The standard InChI is InChI=1S/C17H21NO/c1-12-5-7-14(8-6-12)16-11-15(13(2)18-3)9-10-17(16)19-4/h5-11,13,18H,1-4H3. The molecular weight excluding hydrogens is 234 g/mol. The fraction of sp³-hybridized carbons (Fsp3) is 0.294. The summed E-state index contributed by atoms with van der Waals surface area (Å²) in [5, 5.41) is 3.27. The first-order valence-corrected chi connectivity index (χ1v) is 6.58. The molecule has 100 valence electrons. The third-order valence-corrected chi connectivity index (χ3v) is 3.52. The first-order chi connectivity index (χ1) is 9.15. The van der Waals surface area contributed by atoms with Gasteiger partial charge >= 0.3 is 0 Å². The summed E-state index contributed by atoms with van der Waals surface area (Å²) in [5.74, 6) is 0.913. The monoisotopic (exact) mass is 255 g/mol. The van der Waals surface area contributed by atoms with Crippen LogP contribution in [0.2, 0.25) is 0 Å². The minimum atomic E-state index is 0.329. The van der Waals surface area contributed by atoms with Gasteiger partial charge in [0.25, 0.3) is 0 Å². The van der Waals surface area contributed by atoms with E-state index in [4.69, 9.17) is 4.74 Å². The van der Waals surface area contributed by atoms with Crippen molar-refractivity contribution in [3.8, 4) is 16.9 Å². The molecule has 2 aromatic carbocycles. The van der Waals surface area contributed by atoms with Crippen molar-refractivity contribution in [2.75, 3.05) is 14.2 Å². The van der Waals surface area contributed by atoms with Gasteiger partial charge in [0, 0.05) is 11.6 Å². The highest BCUT2D eigenvalue weighted by Gasteiger charge is 2.10. The highest BCUT2D eigenvalue weighted by molar-refractivity contribution is 5.71. The van der Waals surface area contributed by atoms with Gasteiger partial charge in [-0.1, -0.05) is 35.9 Å². The van der Waals surface area contributed by atoms with Gasteiger partial charge in [-0.15, -0.1) is 0 Å². The maximum atomic E-state index is 5.48. The molecule has 1 unspecified atom stereocenters. The van der Waals surface area contributed by atoms with Gasteiger partial charge in [0.1, 0.15) is 5.75 Å². The van der Waals surface area contributed by atoms with Gasteiger partial charge in [-0.05, 0) is 44.2 Å². The van der Waals surface area contributed by atoms with E-state index in [1.165, 1.54) is 16.7 Å². The number of hydrogen-bond donors (Lipinski definition) is 1. The molecule has 19 heavy (non-hydrogen) atoms. The summed E-state index contributed by atoms with van der Waals surface area (Å²) in [4.78, 5) is 0. The lowest BCUT2D eigenvalue weighted by atomic mass is 9.98. The number of ether oxygens (including phenoxy) is 1. The predicted molar refractivity (Wildman–Crippen MR) is 80.6 cm³/mol. The zero-order valence-electron chi connectivity index (χ0n) is 12.0. The lowest BCUT2D eigenvalue weighted by molar-refractivity contribution is 0.416. The molecule has 2 aromatic rings. The van der Waals surface area contributed by atoms with Crippen LogP contribution in [0, 0.1) is 6.92 Å². The zero-order valence-corrected chi connectivity index (χ0v) is 12.0. The number of aryl methyl sites for hydroxylation is 1. The molecule has 0 heterocycles. The van der Waals surface area contributed by atoms with Crippen molar-refractivity contribution in [3.63, 3.8) is 0 Å². The minimum absolute atomic E-state index is 0.329. The molecule has 0 aliphatic carbocycles. The van der Waals surface area contributed by atoms with Crippen LogP contribution >= 0.6 is 0 Å². The van der Waals surface area contributed by atoms with Crippen molar-refractivity contribution >= 4 is 0 Å². The van der Waals surface area contributed by atoms with E-state index < -0.39 is 0 Å². The molecule has 2 rings (SSSR count). The van der Waals surface area contributed by atoms with Crippen molar-refractivity contribution in [1.29, 1.82) is 0 Å². The van der Waals surface area contributed by atoms with Crippen molar-refractivity contribution in [3.05, 3.63) is 53.6 Å². The molecule has 0 radical (unpaired) electrons. The molecule has 0 amide bonds. The molecule has 1 N–H and O–H groups in total. The Bertz CT molecular complexity index is 546. The van der Waals surface area contributed by atoms with Gasteiger partial charge in [-0.3, -0.25) is 0 Å². The van der Waals surface area contributed by atoms with Gasteiger partial charge in [0.2, 0.25) is 0 Å². The highest BCUT2D eigenvalue weighted by Crippen LogP contribution is 2.32. The van der Waals surface area contributed by atoms with Crippen LogP contribution in [-0.2, 0) is 0 Å². The normalized spacial score (nSPS) is 12.2. The summed E-state index contributed by atoms with van der Waals surface area (Å²) in [5.41, 5.74) is 4.86. The summed E-state index contributed by atoms with van der Waals surface area (Å²) >= 11 is 0. The Morgan fingerprint density at radius 1 is 1.05 bits per heavy atom. The molecule has 2 heteroatoms. The number of nitrogens with one attached hydrogen (secondary N) is 1. The molecule has 2 nitrogen and oxygen atoms in total. The second-order valence-electron chi connectivity index (χ2n) is 4.84. The largest absolute Gasteiger partial charge is 0.496 e. The van der Waals surface area contributed by atoms with Crippen molar-refractivity contribution in [2.45, 2.75) is 19.9 Å². The molecule has 0 spiro atoms. The summed E-state index contributed by atoms with van der Waals surface area (Å²) in [6.07, 6.45) is 0. The first kappa shape index (κ1) is 13.6. The average molecular weight is 255 g/mol. The van der Waals surface area contributed by atoms with Gasteiger partial charge < -0.3 is 10.1 Å². The third-order valence-electron chi connectivity index (χ3n) is 3.52. The quantitative estimate of drug-likeness (QED) is 0.893. The minimum Gasteiger partial charge on any atom is -0.496 e.